The quantitative estimate of drug-likeness (QED) is 0.540. The monoisotopic (exact) mass is 449 g/mol. The minimum Gasteiger partial charge on any atom is -0.491 e. The molecule has 9 heteroatoms. The average molecular weight is 450 g/mol. The van der Waals surface area contributed by atoms with Gasteiger partial charge in [0.2, 0.25) is 0 Å². The summed E-state index contributed by atoms with van der Waals surface area (Å²) in [6.45, 7) is 11.0. The smallest absolute Gasteiger partial charge is 0.256 e. The van der Waals surface area contributed by atoms with Crippen molar-refractivity contribution in [1.29, 1.82) is 0 Å². The molecular formula is C24H31N7O2. The lowest BCUT2D eigenvalue weighted by atomic mass is 10.0. The molecule has 1 saturated heterocycles. The number of tetrazole rings is 1. The number of pyridine rings is 1. The van der Waals surface area contributed by atoms with Crippen LogP contribution in [0.4, 0.5) is 11.8 Å². The van der Waals surface area contributed by atoms with Gasteiger partial charge in [-0.3, -0.25) is 9.80 Å². The minimum absolute atomic E-state index is 0.121. The Morgan fingerprint density at radius 3 is 2.27 bits per heavy atom. The van der Waals surface area contributed by atoms with Crippen molar-refractivity contribution < 1.29 is 9.47 Å². The van der Waals surface area contributed by atoms with Gasteiger partial charge in [-0.15, -0.1) is 0 Å². The number of nitrogens with zero attached hydrogens (tertiary/aromatic N) is 7. The van der Waals surface area contributed by atoms with E-state index >= 15 is 0 Å². The number of hydrogen-bond acceptors (Lipinski definition) is 8. The van der Waals surface area contributed by atoms with Gasteiger partial charge in [0.25, 0.3) is 5.95 Å². The number of rotatable bonds is 7. The van der Waals surface area contributed by atoms with Gasteiger partial charge in [-0.1, -0.05) is 5.10 Å². The van der Waals surface area contributed by atoms with Crippen molar-refractivity contribution in [2.45, 2.75) is 65.3 Å². The average Bonchev–Trinajstić information content (AvgIpc) is 3.14. The Balaban J connectivity index is 1.28. The summed E-state index contributed by atoms with van der Waals surface area (Å²) in [5, 5.41) is 12.3. The molecule has 2 bridgehead atoms. The standard InChI is InChI=1S/C24H31N7O2/c1-16(2)32-21-11-18(12-22(13-21)33-17(3)4)15-29-9-7-19(8-10-29)30-23-6-5-20(14-25-23)31-24(30)26-27-28-31/h5-6,11-14,16-17,19H,7-10,15H2,1-4H3. The molecule has 0 aliphatic carbocycles. The van der Waals surface area contributed by atoms with Crippen LogP contribution in [0.5, 0.6) is 11.5 Å². The van der Waals surface area contributed by atoms with Crippen LogP contribution in [0.15, 0.2) is 36.5 Å². The van der Waals surface area contributed by atoms with E-state index in [1.54, 1.807) is 4.68 Å². The highest BCUT2D eigenvalue weighted by Gasteiger charge is 2.32. The molecule has 0 saturated carbocycles. The molecule has 1 aromatic carbocycles. The fourth-order valence-corrected chi connectivity index (χ4v) is 4.59. The Morgan fingerprint density at radius 2 is 1.67 bits per heavy atom. The predicted molar refractivity (Wildman–Crippen MR) is 125 cm³/mol. The summed E-state index contributed by atoms with van der Waals surface area (Å²) in [6, 6.07) is 10.6. The number of aromatic nitrogens is 5. The maximum Gasteiger partial charge on any atom is 0.256 e. The molecule has 0 N–H and O–H groups in total. The maximum absolute atomic E-state index is 5.98. The number of hydrogen-bond donors (Lipinski definition) is 0. The van der Waals surface area contributed by atoms with Crippen molar-refractivity contribution in [1.82, 2.24) is 30.1 Å². The lowest BCUT2D eigenvalue weighted by molar-refractivity contribution is 0.201. The molecule has 0 radical (unpaired) electrons. The maximum atomic E-state index is 5.98. The third-order valence-electron chi connectivity index (χ3n) is 5.90. The van der Waals surface area contributed by atoms with Crippen LogP contribution in [0.3, 0.4) is 0 Å². The van der Waals surface area contributed by atoms with Gasteiger partial charge >= 0.3 is 0 Å². The number of anilines is 2. The largest absolute Gasteiger partial charge is 0.491 e. The van der Waals surface area contributed by atoms with Crippen molar-refractivity contribution in [2.75, 3.05) is 18.0 Å². The molecule has 5 heterocycles. The highest BCUT2D eigenvalue weighted by atomic mass is 16.5. The molecule has 0 unspecified atom stereocenters. The van der Waals surface area contributed by atoms with Crippen molar-refractivity contribution in [3.05, 3.63) is 42.1 Å². The lowest BCUT2D eigenvalue weighted by Gasteiger charge is -2.37. The SMILES string of the molecule is CC(C)Oc1cc(CN2CCC(N3c4ccc(cn4)-n4nnnc43)CC2)cc(OC(C)C)c1. The van der Waals surface area contributed by atoms with Crippen LogP contribution in [0, 0.1) is 0 Å². The molecule has 0 atom stereocenters. The molecule has 0 spiro atoms. The van der Waals surface area contributed by atoms with Gasteiger partial charge in [0.15, 0.2) is 0 Å². The molecule has 9 nitrogen and oxygen atoms in total. The predicted octanol–water partition coefficient (Wildman–Crippen LogP) is 3.75. The van der Waals surface area contributed by atoms with Gasteiger partial charge in [-0.2, -0.15) is 4.68 Å². The Hall–Kier alpha value is -3.20. The van der Waals surface area contributed by atoms with Gasteiger partial charge in [-0.25, -0.2) is 4.98 Å². The second-order valence-electron chi connectivity index (χ2n) is 9.29. The van der Waals surface area contributed by atoms with E-state index in [1.165, 1.54) is 5.56 Å². The molecule has 0 amide bonds. The first-order chi connectivity index (χ1) is 16.0. The first-order valence-corrected chi connectivity index (χ1v) is 11.7. The van der Waals surface area contributed by atoms with Crippen molar-refractivity contribution in [3.8, 4) is 17.2 Å². The first kappa shape index (κ1) is 21.6. The summed E-state index contributed by atoms with van der Waals surface area (Å²) in [5.41, 5.74) is 2.10. The summed E-state index contributed by atoms with van der Waals surface area (Å²) in [4.78, 5) is 9.29. The second-order valence-corrected chi connectivity index (χ2v) is 9.29. The van der Waals surface area contributed by atoms with Crippen LogP contribution in [0.25, 0.3) is 5.69 Å². The van der Waals surface area contributed by atoms with E-state index in [-0.39, 0.29) is 12.2 Å². The van der Waals surface area contributed by atoms with Crippen molar-refractivity contribution >= 4 is 11.8 Å². The molecule has 2 aromatic heterocycles. The molecular weight excluding hydrogens is 418 g/mol. The van der Waals surface area contributed by atoms with Crippen molar-refractivity contribution in [3.63, 3.8) is 0 Å². The fourth-order valence-electron chi connectivity index (χ4n) is 4.59. The molecule has 6 rings (SSSR count). The highest BCUT2D eigenvalue weighted by Crippen LogP contribution is 2.34. The van der Waals surface area contributed by atoms with E-state index in [0.29, 0.717) is 6.04 Å². The molecule has 174 valence electrons. The fraction of sp³-hybridized carbons (Fsp3) is 0.500. The van der Waals surface area contributed by atoms with E-state index in [2.05, 4.69) is 42.4 Å². The van der Waals surface area contributed by atoms with Crippen LogP contribution < -0.4 is 14.4 Å². The Bertz CT molecular complexity index is 1060. The molecule has 3 aliphatic rings. The zero-order valence-electron chi connectivity index (χ0n) is 19.7. The number of piperidine rings is 1. The van der Waals surface area contributed by atoms with Crippen molar-refractivity contribution in [2.24, 2.45) is 0 Å². The van der Waals surface area contributed by atoms with Gasteiger partial charge < -0.3 is 9.47 Å². The number of ether oxygens (including phenoxy) is 2. The zero-order valence-corrected chi connectivity index (χ0v) is 19.7. The van der Waals surface area contributed by atoms with E-state index in [1.807, 2.05) is 52.1 Å². The number of fused-ring (bicyclic) bond motifs is 2. The summed E-state index contributed by atoms with van der Waals surface area (Å²) in [6.07, 6.45) is 4.08. The van der Waals surface area contributed by atoms with E-state index in [4.69, 9.17) is 9.47 Å². The number of benzene rings is 1. The van der Waals surface area contributed by atoms with Crippen LogP contribution in [0.2, 0.25) is 0 Å². The van der Waals surface area contributed by atoms with Gasteiger partial charge in [0, 0.05) is 31.7 Å². The second kappa shape index (κ2) is 8.97. The van der Waals surface area contributed by atoms with Crippen LogP contribution >= 0.6 is 0 Å². The minimum atomic E-state index is 0.121. The molecule has 1 fully saturated rings. The zero-order chi connectivity index (χ0) is 22.9. The number of likely N-dealkylation sites (tertiary alicyclic amines) is 1. The Labute approximate surface area is 194 Å². The highest BCUT2D eigenvalue weighted by molar-refractivity contribution is 5.60. The third kappa shape index (κ3) is 4.64. The topological polar surface area (TPSA) is 81.4 Å². The van der Waals surface area contributed by atoms with Gasteiger partial charge in [-0.05, 0) is 80.8 Å². The summed E-state index contributed by atoms with van der Waals surface area (Å²) >= 11 is 0. The van der Waals surface area contributed by atoms with E-state index < -0.39 is 0 Å². The van der Waals surface area contributed by atoms with E-state index in [0.717, 1.165) is 61.4 Å². The van der Waals surface area contributed by atoms with Gasteiger partial charge in [0.05, 0.1) is 24.1 Å². The normalized spacial score (nSPS) is 16.4. The third-order valence-corrected chi connectivity index (χ3v) is 5.90. The molecule has 3 aliphatic heterocycles. The summed E-state index contributed by atoms with van der Waals surface area (Å²) < 4.78 is 13.7. The van der Waals surface area contributed by atoms with E-state index in [9.17, 15) is 0 Å². The first-order valence-electron chi connectivity index (χ1n) is 11.7. The van der Waals surface area contributed by atoms with Crippen LogP contribution in [-0.2, 0) is 6.54 Å². The molecule has 3 aromatic rings. The van der Waals surface area contributed by atoms with Crippen LogP contribution in [-0.4, -0.2) is 61.4 Å². The molecule has 33 heavy (non-hydrogen) atoms. The van der Waals surface area contributed by atoms with Crippen LogP contribution in [0.1, 0.15) is 46.1 Å². The lowest BCUT2D eigenvalue weighted by Crippen LogP contribution is -2.43. The Morgan fingerprint density at radius 1 is 0.970 bits per heavy atom. The summed E-state index contributed by atoms with van der Waals surface area (Å²) in [7, 11) is 0. The Kier molecular flexibility index (Phi) is 5.88. The van der Waals surface area contributed by atoms with Gasteiger partial charge in [0.1, 0.15) is 17.3 Å². The summed E-state index contributed by atoms with van der Waals surface area (Å²) in [5.74, 6) is 3.37.